The molecule has 1 aliphatic heterocycles. The van der Waals surface area contributed by atoms with Crippen LogP contribution in [-0.2, 0) is 14.3 Å². The maximum Gasteiger partial charge on any atom is 0.290 e. The Hall–Kier alpha value is -2.62. The molecule has 4 heteroatoms. The predicted octanol–water partition coefficient (Wildman–Crippen LogP) is 2.84. The van der Waals surface area contributed by atoms with Gasteiger partial charge in [-0.3, -0.25) is 9.59 Å². The van der Waals surface area contributed by atoms with Crippen molar-refractivity contribution in [3.05, 3.63) is 65.5 Å². The van der Waals surface area contributed by atoms with Crippen LogP contribution < -0.4 is 5.32 Å². The molecule has 4 nitrogen and oxygen atoms in total. The van der Waals surface area contributed by atoms with Gasteiger partial charge in [0.05, 0.1) is 5.92 Å². The van der Waals surface area contributed by atoms with E-state index in [1.54, 1.807) is 12.2 Å². The Morgan fingerprint density at radius 1 is 1.18 bits per heavy atom. The number of aryl methyl sites for hydroxylation is 1. The zero-order valence-electron chi connectivity index (χ0n) is 12.5. The molecule has 0 bridgehead atoms. The van der Waals surface area contributed by atoms with Crippen LogP contribution in [0.4, 0.5) is 5.69 Å². The monoisotopic (exact) mass is 295 g/mol. The van der Waals surface area contributed by atoms with E-state index in [-0.39, 0.29) is 17.5 Å². The third-order valence-corrected chi connectivity index (χ3v) is 4.03. The average molecular weight is 295 g/mol. The number of allylic oxidation sites excluding steroid dienone is 3. The zero-order chi connectivity index (χ0) is 15.7. The summed E-state index contributed by atoms with van der Waals surface area (Å²) in [7, 11) is 0. The molecular formula is C18H17NO3. The number of fused-ring (bicyclic) bond motifs is 1. The summed E-state index contributed by atoms with van der Waals surface area (Å²) in [4.78, 5) is 24.4. The fraction of sp³-hybridized carbons (Fsp3) is 0.222. The fourth-order valence-electron chi connectivity index (χ4n) is 2.55. The first-order valence-electron chi connectivity index (χ1n) is 7.21. The first-order valence-corrected chi connectivity index (χ1v) is 7.21. The number of ether oxygens (including phenoxy) is 1. The molecule has 1 amide bonds. The van der Waals surface area contributed by atoms with Crippen molar-refractivity contribution in [2.75, 3.05) is 5.32 Å². The lowest BCUT2D eigenvalue weighted by Crippen LogP contribution is -2.35. The Morgan fingerprint density at radius 3 is 2.77 bits per heavy atom. The molecule has 0 radical (unpaired) electrons. The van der Waals surface area contributed by atoms with Crippen LogP contribution in [0.2, 0.25) is 0 Å². The van der Waals surface area contributed by atoms with Gasteiger partial charge in [0.15, 0.2) is 11.5 Å². The van der Waals surface area contributed by atoms with Crippen LogP contribution >= 0.6 is 0 Å². The van der Waals surface area contributed by atoms with Gasteiger partial charge in [0.25, 0.3) is 5.91 Å². The van der Waals surface area contributed by atoms with Gasteiger partial charge in [0.2, 0.25) is 0 Å². The van der Waals surface area contributed by atoms with E-state index in [2.05, 4.69) is 5.32 Å². The van der Waals surface area contributed by atoms with E-state index in [1.165, 1.54) is 6.08 Å². The molecule has 0 saturated carbocycles. The summed E-state index contributed by atoms with van der Waals surface area (Å²) in [6, 6.07) is 5.69. The smallest absolute Gasteiger partial charge is 0.290 e. The largest absolute Gasteiger partial charge is 0.479 e. The van der Waals surface area contributed by atoms with Gasteiger partial charge in [-0.25, -0.2) is 0 Å². The number of anilines is 1. The van der Waals surface area contributed by atoms with Crippen LogP contribution in [0.3, 0.4) is 0 Å². The number of amides is 1. The first-order chi connectivity index (χ1) is 10.6. The van der Waals surface area contributed by atoms with Crippen LogP contribution in [0.15, 0.2) is 54.3 Å². The lowest BCUT2D eigenvalue weighted by atomic mass is 9.91. The van der Waals surface area contributed by atoms with Gasteiger partial charge >= 0.3 is 0 Å². The van der Waals surface area contributed by atoms with Crippen molar-refractivity contribution in [3.63, 3.8) is 0 Å². The van der Waals surface area contributed by atoms with Crippen molar-refractivity contribution in [2.24, 2.45) is 5.92 Å². The van der Waals surface area contributed by atoms with E-state index < -0.39 is 12.0 Å². The Bertz CT molecular complexity index is 728. The van der Waals surface area contributed by atoms with Crippen molar-refractivity contribution >= 4 is 17.4 Å². The number of rotatable bonds is 2. The topological polar surface area (TPSA) is 55.4 Å². The highest BCUT2D eigenvalue weighted by Gasteiger charge is 2.33. The minimum Gasteiger partial charge on any atom is -0.479 e. The van der Waals surface area contributed by atoms with Gasteiger partial charge in [-0.2, -0.15) is 0 Å². The van der Waals surface area contributed by atoms with E-state index in [9.17, 15) is 9.59 Å². The lowest BCUT2D eigenvalue weighted by Gasteiger charge is -2.28. The molecule has 1 aromatic carbocycles. The van der Waals surface area contributed by atoms with E-state index in [0.717, 1.165) is 16.8 Å². The van der Waals surface area contributed by atoms with Crippen molar-refractivity contribution in [1.29, 1.82) is 0 Å². The summed E-state index contributed by atoms with van der Waals surface area (Å²) < 4.78 is 5.66. The molecule has 0 saturated heterocycles. The van der Waals surface area contributed by atoms with Gasteiger partial charge in [-0.15, -0.1) is 0 Å². The van der Waals surface area contributed by atoms with Gasteiger partial charge < -0.3 is 10.1 Å². The molecule has 2 aliphatic rings. The summed E-state index contributed by atoms with van der Waals surface area (Å²) in [5.74, 6) is -0.777. The second-order valence-corrected chi connectivity index (χ2v) is 5.49. The Kier molecular flexibility index (Phi) is 3.67. The number of hydrogen-bond donors (Lipinski definition) is 1. The third-order valence-electron chi connectivity index (χ3n) is 4.03. The molecule has 22 heavy (non-hydrogen) atoms. The van der Waals surface area contributed by atoms with Crippen molar-refractivity contribution < 1.29 is 14.3 Å². The summed E-state index contributed by atoms with van der Waals surface area (Å²) >= 11 is 0. The summed E-state index contributed by atoms with van der Waals surface area (Å²) in [6.07, 6.45) is 8.11. The quantitative estimate of drug-likeness (QED) is 0.912. The SMILES string of the molecule is Cc1cccc(NC(=O)C2=CC(=O)[C@@H]3C=CC=C[C@H]3O2)c1C. The molecule has 0 fully saturated rings. The minimum atomic E-state index is -0.401. The molecule has 0 unspecified atom stereocenters. The average Bonchev–Trinajstić information content (AvgIpc) is 2.52. The number of carbonyl (C=O) groups excluding carboxylic acids is 2. The van der Waals surface area contributed by atoms with E-state index in [0.29, 0.717) is 0 Å². The van der Waals surface area contributed by atoms with Crippen LogP contribution in [0.5, 0.6) is 0 Å². The second kappa shape index (κ2) is 5.64. The Morgan fingerprint density at radius 2 is 1.95 bits per heavy atom. The third kappa shape index (κ3) is 2.60. The Labute approximate surface area is 129 Å². The van der Waals surface area contributed by atoms with E-state index >= 15 is 0 Å². The predicted molar refractivity (Wildman–Crippen MR) is 84.3 cm³/mol. The van der Waals surface area contributed by atoms with Crippen LogP contribution in [0.25, 0.3) is 0 Å². The summed E-state index contributed by atoms with van der Waals surface area (Å²) in [5, 5.41) is 2.81. The second-order valence-electron chi connectivity index (χ2n) is 5.49. The standard InChI is InChI=1S/C18H17NO3/c1-11-6-5-8-14(12(11)2)19-18(21)17-10-15(20)13-7-3-4-9-16(13)22-17/h3-10,13,16H,1-2H3,(H,19,21)/t13-,16+/m0/s1. The Balaban J connectivity index is 1.81. The summed E-state index contributed by atoms with van der Waals surface area (Å²) in [6.45, 7) is 3.92. The number of benzene rings is 1. The van der Waals surface area contributed by atoms with E-state index in [1.807, 2.05) is 44.2 Å². The molecule has 1 heterocycles. The number of carbonyl (C=O) groups is 2. The summed E-state index contributed by atoms with van der Waals surface area (Å²) in [5.41, 5.74) is 2.81. The van der Waals surface area contributed by atoms with Gasteiger partial charge in [0.1, 0.15) is 6.10 Å². The highest BCUT2D eigenvalue weighted by Crippen LogP contribution is 2.26. The zero-order valence-corrected chi connectivity index (χ0v) is 12.5. The van der Waals surface area contributed by atoms with Crippen LogP contribution in [0, 0.1) is 19.8 Å². The molecular weight excluding hydrogens is 278 g/mol. The highest BCUT2D eigenvalue weighted by atomic mass is 16.5. The molecule has 0 spiro atoms. The molecule has 1 aromatic rings. The molecule has 1 N–H and O–H groups in total. The number of nitrogens with one attached hydrogen (secondary N) is 1. The maximum atomic E-state index is 12.4. The fourth-order valence-corrected chi connectivity index (χ4v) is 2.55. The van der Waals surface area contributed by atoms with Gasteiger partial charge in [-0.1, -0.05) is 30.4 Å². The van der Waals surface area contributed by atoms with Crippen molar-refractivity contribution in [1.82, 2.24) is 0 Å². The van der Waals surface area contributed by atoms with Gasteiger partial charge in [-0.05, 0) is 37.1 Å². The van der Waals surface area contributed by atoms with E-state index in [4.69, 9.17) is 4.74 Å². The van der Waals surface area contributed by atoms with Gasteiger partial charge in [0, 0.05) is 11.8 Å². The molecule has 2 atom stereocenters. The molecule has 1 aliphatic carbocycles. The number of ketones is 1. The molecule has 112 valence electrons. The first kappa shape index (κ1) is 14.3. The lowest BCUT2D eigenvalue weighted by molar-refractivity contribution is -0.125. The highest BCUT2D eigenvalue weighted by molar-refractivity contribution is 6.08. The molecule has 3 rings (SSSR count). The van der Waals surface area contributed by atoms with Crippen molar-refractivity contribution in [2.45, 2.75) is 20.0 Å². The van der Waals surface area contributed by atoms with Crippen molar-refractivity contribution in [3.8, 4) is 0 Å². The maximum absolute atomic E-state index is 12.4. The normalized spacial score (nSPS) is 22.6. The van der Waals surface area contributed by atoms with Crippen LogP contribution in [0.1, 0.15) is 11.1 Å². The van der Waals surface area contributed by atoms with Crippen LogP contribution in [-0.4, -0.2) is 17.8 Å². The minimum absolute atomic E-state index is 0.0621. The molecule has 0 aromatic heterocycles. The number of hydrogen-bond acceptors (Lipinski definition) is 3.